The number of aliphatic carboxylic acids is 1. The van der Waals surface area contributed by atoms with Crippen LogP contribution in [0, 0.1) is 5.92 Å². The molecule has 0 aliphatic heterocycles. The molecule has 0 bridgehead atoms. The number of urea groups is 1. The molecule has 0 spiro atoms. The summed E-state index contributed by atoms with van der Waals surface area (Å²) in [5.41, 5.74) is 0. The Morgan fingerprint density at radius 1 is 1.33 bits per heavy atom. The van der Waals surface area contributed by atoms with E-state index in [1.54, 1.807) is 17.1 Å². The molecule has 3 N–H and O–H groups in total. The maximum absolute atomic E-state index is 11.8. The van der Waals surface area contributed by atoms with Crippen molar-refractivity contribution in [2.24, 2.45) is 5.92 Å². The molecule has 1 aromatic rings. The summed E-state index contributed by atoms with van der Waals surface area (Å²) in [6.07, 6.45) is 8.18. The third kappa shape index (κ3) is 4.73. The molecule has 1 heterocycles. The van der Waals surface area contributed by atoms with Crippen LogP contribution in [0.1, 0.15) is 32.1 Å². The molecule has 1 unspecified atom stereocenters. The molecule has 1 atom stereocenters. The molecule has 116 valence electrons. The maximum Gasteiger partial charge on any atom is 0.326 e. The first-order valence-electron chi connectivity index (χ1n) is 7.28. The zero-order chi connectivity index (χ0) is 15.1. The van der Waals surface area contributed by atoms with Gasteiger partial charge in [0, 0.05) is 12.7 Å². The summed E-state index contributed by atoms with van der Waals surface area (Å²) in [6, 6.07) is -1.26. The van der Waals surface area contributed by atoms with Gasteiger partial charge >= 0.3 is 12.0 Å². The molecular formula is C13H21N5O3. The highest BCUT2D eigenvalue weighted by molar-refractivity contribution is 5.82. The number of rotatable bonds is 6. The van der Waals surface area contributed by atoms with Gasteiger partial charge in [-0.15, -0.1) is 5.10 Å². The van der Waals surface area contributed by atoms with Crippen LogP contribution in [0.2, 0.25) is 0 Å². The molecule has 1 aliphatic rings. The number of carboxylic acid groups (broad SMARTS) is 1. The smallest absolute Gasteiger partial charge is 0.326 e. The number of amides is 2. The summed E-state index contributed by atoms with van der Waals surface area (Å²) >= 11 is 0. The van der Waals surface area contributed by atoms with Crippen LogP contribution in [-0.2, 0) is 11.3 Å². The van der Waals surface area contributed by atoms with E-state index < -0.39 is 18.0 Å². The highest BCUT2D eigenvalue weighted by Crippen LogP contribution is 2.26. The molecule has 2 amide bonds. The Morgan fingerprint density at radius 2 is 2.10 bits per heavy atom. The number of nitrogens with zero attached hydrogens (tertiary/aromatic N) is 3. The van der Waals surface area contributed by atoms with Gasteiger partial charge in [0.05, 0.1) is 12.7 Å². The van der Waals surface area contributed by atoms with E-state index in [9.17, 15) is 14.7 Å². The fourth-order valence-corrected chi connectivity index (χ4v) is 2.68. The van der Waals surface area contributed by atoms with E-state index in [2.05, 4.69) is 20.9 Å². The number of hydrogen-bond acceptors (Lipinski definition) is 4. The van der Waals surface area contributed by atoms with Gasteiger partial charge in [-0.25, -0.2) is 9.59 Å². The van der Waals surface area contributed by atoms with Crippen molar-refractivity contribution in [3.63, 3.8) is 0 Å². The lowest BCUT2D eigenvalue weighted by atomic mass is 9.84. The number of aromatic nitrogens is 3. The molecule has 1 saturated carbocycles. The highest BCUT2D eigenvalue weighted by atomic mass is 16.4. The quantitative estimate of drug-likeness (QED) is 0.712. The molecule has 1 aliphatic carbocycles. The molecule has 8 nitrogen and oxygen atoms in total. The van der Waals surface area contributed by atoms with Crippen LogP contribution in [0.5, 0.6) is 0 Å². The van der Waals surface area contributed by atoms with Gasteiger partial charge in [0.15, 0.2) is 0 Å². The molecule has 2 rings (SSSR count). The fourth-order valence-electron chi connectivity index (χ4n) is 2.68. The summed E-state index contributed by atoms with van der Waals surface area (Å²) in [4.78, 5) is 23.1. The predicted molar refractivity (Wildman–Crippen MR) is 74.6 cm³/mol. The van der Waals surface area contributed by atoms with Crippen LogP contribution >= 0.6 is 0 Å². The molecule has 1 aromatic heterocycles. The van der Waals surface area contributed by atoms with Gasteiger partial charge in [0.25, 0.3) is 0 Å². The average molecular weight is 295 g/mol. The monoisotopic (exact) mass is 295 g/mol. The minimum absolute atomic E-state index is 0.0253. The maximum atomic E-state index is 11.8. The molecule has 21 heavy (non-hydrogen) atoms. The molecule has 0 aromatic carbocycles. The minimum atomic E-state index is -0.965. The lowest BCUT2D eigenvalue weighted by Gasteiger charge is -2.28. The second-order valence-electron chi connectivity index (χ2n) is 5.28. The summed E-state index contributed by atoms with van der Waals surface area (Å²) in [6.45, 7) is 0.862. The van der Waals surface area contributed by atoms with Gasteiger partial charge in [0.2, 0.25) is 0 Å². The first kappa shape index (κ1) is 15.3. The Morgan fingerprint density at radius 3 is 2.71 bits per heavy atom. The van der Waals surface area contributed by atoms with Crippen molar-refractivity contribution in [3.05, 3.63) is 12.4 Å². The van der Waals surface area contributed by atoms with Crippen LogP contribution in [0.3, 0.4) is 0 Å². The van der Waals surface area contributed by atoms with Crippen molar-refractivity contribution in [2.75, 3.05) is 6.54 Å². The van der Waals surface area contributed by atoms with Crippen molar-refractivity contribution in [3.8, 4) is 0 Å². The zero-order valence-corrected chi connectivity index (χ0v) is 11.9. The second-order valence-corrected chi connectivity index (χ2v) is 5.28. The SMILES string of the molecule is O=C(NCCn1ccnn1)NC(C(=O)O)C1CCCCC1. The molecule has 1 fully saturated rings. The van der Waals surface area contributed by atoms with Crippen LogP contribution in [-0.4, -0.2) is 44.7 Å². The largest absolute Gasteiger partial charge is 0.480 e. The Hall–Kier alpha value is -2.12. The normalized spacial score (nSPS) is 17.1. The van der Waals surface area contributed by atoms with Crippen molar-refractivity contribution < 1.29 is 14.7 Å². The number of carbonyl (C=O) groups is 2. The van der Waals surface area contributed by atoms with Crippen LogP contribution in [0.15, 0.2) is 12.4 Å². The van der Waals surface area contributed by atoms with E-state index in [4.69, 9.17) is 0 Å². The van der Waals surface area contributed by atoms with Gasteiger partial charge in [0.1, 0.15) is 6.04 Å². The summed E-state index contributed by atoms with van der Waals surface area (Å²) in [5.74, 6) is -0.939. The first-order chi connectivity index (χ1) is 10.2. The van der Waals surface area contributed by atoms with Gasteiger partial charge in [-0.1, -0.05) is 24.5 Å². The van der Waals surface area contributed by atoms with E-state index >= 15 is 0 Å². The average Bonchev–Trinajstić information content (AvgIpc) is 2.98. The van der Waals surface area contributed by atoms with Crippen molar-refractivity contribution in [1.82, 2.24) is 25.6 Å². The minimum Gasteiger partial charge on any atom is -0.480 e. The van der Waals surface area contributed by atoms with Crippen LogP contribution < -0.4 is 10.6 Å². The number of carboxylic acids is 1. The van der Waals surface area contributed by atoms with Gasteiger partial charge in [-0.05, 0) is 18.8 Å². The van der Waals surface area contributed by atoms with Gasteiger partial charge in [-0.2, -0.15) is 0 Å². The van der Waals surface area contributed by atoms with Crippen molar-refractivity contribution in [1.29, 1.82) is 0 Å². The third-order valence-corrected chi connectivity index (χ3v) is 3.77. The second kappa shape index (κ2) is 7.61. The Balaban J connectivity index is 1.76. The van der Waals surface area contributed by atoms with E-state index in [1.807, 2.05) is 0 Å². The summed E-state index contributed by atoms with van der Waals surface area (Å²) < 4.78 is 1.59. The molecule has 0 radical (unpaired) electrons. The third-order valence-electron chi connectivity index (χ3n) is 3.77. The van der Waals surface area contributed by atoms with Gasteiger partial charge in [-0.3, -0.25) is 4.68 Å². The lowest BCUT2D eigenvalue weighted by molar-refractivity contribution is -0.141. The van der Waals surface area contributed by atoms with Crippen LogP contribution in [0.4, 0.5) is 4.79 Å². The standard InChI is InChI=1S/C13H21N5O3/c19-12(20)11(10-4-2-1-3-5-10)16-13(21)14-6-8-18-9-7-15-17-18/h7,9-11H,1-6,8H2,(H,19,20)(H2,14,16,21). The number of hydrogen-bond donors (Lipinski definition) is 3. The zero-order valence-electron chi connectivity index (χ0n) is 11.9. The molecule has 0 saturated heterocycles. The predicted octanol–water partition coefficient (Wildman–Crippen LogP) is 0.611. The topological polar surface area (TPSA) is 109 Å². The van der Waals surface area contributed by atoms with E-state index in [0.29, 0.717) is 13.1 Å². The Kier molecular flexibility index (Phi) is 5.53. The Labute approximate surface area is 122 Å². The van der Waals surface area contributed by atoms with Crippen molar-refractivity contribution in [2.45, 2.75) is 44.7 Å². The van der Waals surface area contributed by atoms with Crippen molar-refractivity contribution >= 4 is 12.0 Å². The molecule has 8 heteroatoms. The Bertz CT molecular complexity index is 456. The van der Waals surface area contributed by atoms with E-state index in [0.717, 1.165) is 32.1 Å². The first-order valence-corrected chi connectivity index (χ1v) is 7.28. The summed E-state index contributed by atoms with van der Waals surface area (Å²) in [5, 5.41) is 21.9. The fraction of sp³-hybridized carbons (Fsp3) is 0.692. The molecular weight excluding hydrogens is 274 g/mol. The van der Waals surface area contributed by atoms with Gasteiger partial charge < -0.3 is 15.7 Å². The van der Waals surface area contributed by atoms with E-state index in [-0.39, 0.29) is 5.92 Å². The number of carbonyl (C=O) groups excluding carboxylic acids is 1. The summed E-state index contributed by atoms with van der Waals surface area (Å²) in [7, 11) is 0. The van der Waals surface area contributed by atoms with E-state index in [1.165, 1.54) is 0 Å². The highest BCUT2D eigenvalue weighted by Gasteiger charge is 2.30. The van der Waals surface area contributed by atoms with Crippen LogP contribution in [0.25, 0.3) is 0 Å². The lowest BCUT2D eigenvalue weighted by Crippen LogP contribution is -2.50. The number of nitrogens with one attached hydrogen (secondary N) is 2.